The lowest BCUT2D eigenvalue weighted by molar-refractivity contribution is -0.153. The second-order valence-electron chi connectivity index (χ2n) is 7.25. The number of amides is 1. The monoisotopic (exact) mass is 427 g/mol. The van der Waals surface area contributed by atoms with Crippen molar-refractivity contribution in [3.05, 3.63) is 46.2 Å². The zero-order valence-corrected chi connectivity index (χ0v) is 18.1. The molecule has 2 atom stereocenters. The number of anilines is 1. The van der Waals surface area contributed by atoms with Crippen LogP contribution in [-0.2, 0) is 19.1 Å². The predicted octanol–water partition coefficient (Wildman–Crippen LogP) is 3.56. The molecule has 2 aromatic heterocycles. The van der Waals surface area contributed by atoms with Gasteiger partial charge in [0.1, 0.15) is 0 Å². The fourth-order valence-corrected chi connectivity index (χ4v) is 5.10. The van der Waals surface area contributed by atoms with E-state index in [0.717, 1.165) is 21.5 Å². The van der Waals surface area contributed by atoms with Gasteiger partial charge < -0.3 is 9.47 Å². The maximum atomic E-state index is 13.6. The molecule has 0 saturated heterocycles. The summed E-state index contributed by atoms with van der Waals surface area (Å²) in [6.45, 7) is 4.91. The molecule has 158 valence electrons. The highest BCUT2D eigenvalue weighted by molar-refractivity contribution is 7.10. The summed E-state index contributed by atoms with van der Waals surface area (Å²) in [5, 5.41) is 1.99. The first-order chi connectivity index (χ1) is 14.6. The van der Waals surface area contributed by atoms with Crippen LogP contribution in [-0.4, -0.2) is 48.3 Å². The van der Waals surface area contributed by atoms with Crippen LogP contribution in [0.15, 0.2) is 35.7 Å². The van der Waals surface area contributed by atoms with Gasteiger partial charge in [-0.1, -0.05) is 12.1 Å². The number of esters is 1. The Morgan fingerprint density at radius 3 is 2.77 bits per heavy atom. The average molecular weight is 428 g/mol. The van der Waals surface area contributed by atoms with Crippen molar-refractivity contribution < 1.29 is 19.1 Å². The largest absolute Gasteiger partial charge is 0.465 e. The third-order valence-corrected chi connectivity index (χ3v) is 6.48. The first-order valence-electron chi connectivity index (χ1n) is 10.1. The molecule has 0 unspecified atom stereocenters. The van der Waals surface area contributed by atoms with E-state index in [1.807, 2.05) is 47.2 Å². The molecule has 0 radical (unpaired) electrons. The van der Waals surface area contributed by atoms with Crippen molar-refractivity contribution in [1.82, 2.24) is 9.55 Å². The summed E-state index contributed by atoms with van der Waals surface area (Å²) in [5.41, 5.74) is 2.73. The number of nitrogens with zero attached hydrogens (tertiary/aromatic N) is 3. The van der Waals surface area contributed by atoms with Crippen molar-refractivity contribution in [3.8, 4) is 0 Å². The normalized spacial score (nSPS) is 18.6. The van der Waals surface area contributed by atoms with E-state index >= 15 is 0 Å². The number of aryl methyl sites for hydroxylation is 1. The van der Waals surface area contributed by atoms with Crippen LogP contribution in [0.5, 0.6) is 0 Å². The van der Waals surface area contributed by atoms with Crippen molar-refractivity contribution in [2.24, 2.45) is 5.92 Å². The Hall–Kier alpha value is -2.71. The third-order valence-electron chi connectivity index (χ3n) is 5.39. The maximum absolute atomic E-state index is 13.6. The second kappa shape index (κ2) is 8.57. The number of rotatable bonds is 7. The SMILES string of the molecule is CCOC(=O)[C@@H]1C(=O)N(CCCOC)c2nc3ccccc3n2[C@H]1c1sccc1C. The number of imidazole rings is 1. The Morgan fingerprint density at radius 1 is 1.27 bits per heavy atom. The predicted molar refractivity (Wildman–Crippen MR) is 116 cm³/mol. The lowest BCUT2D eigenvalue weighted by atomic mass is 9.92. The van der Waals surface area contributed by atoms with E-state index in [9.17, 15) is 9.59 Å². The number of fused-ring (bicyclic) bond motifs is 3. The molecule has 0 N–H and O–H groups in total. The number of aromatic nitrogens is 2. The van der Waals surface area contributed by atoms with Crippen molar-refractivity contribution in [2.75, 3.05) is 31.8 Å². The van der Waals surface area contributed by atoms with Gasteiger partial charge in [0.25, 0.3) is 0 Å². The van der Waals surface area contributed by atoms with Crippen LogP contribution in [0.4, 0.5) is 5.95 Å². The van der Waals surface area contributed by atoms with Gasteiger partial charge in [0, 0.05) is 25.1 Å². The van der Waals surface area contributed by atoms with Crippen LogP contribution in [0.1, 0.15) is 29.8 Å². The Balaban J connectivity index is 1.94. The summed E-state index contributed by atoms with van der Waals surface area (Å²) in [7, 11) is 1.63. The van der Waals surface area contributed by atoms with Gasteiger partial charge in [-0.3, -0.25) is 19.1 Å². The fourth-order valence-electron chi connectivity index (χ4n) is 4.04. The first-order valence-corrected chi connectivity index (χ1v) is 10.9. The molecular weight excluding hydrogens is 402 g/mol. The van der Waals surface area contributed by atoms with Gasteiger partial charge in [0.2, 0.25) is 11.9 Å². The highest BCUT2D eigenvalue weighted by atomic mass is 32.1. The zero-order chi connectivity index (χ0) is 21.3. The minimum absolute atomic E-state index is 0.222. The molecule has 0 fully saturated rings. The van der Waals surface area contributed by atoms with Gasteiger partial charge in [-0.05, 0) is 49.4 Å². The van der Waals surface area contributed by atoms with Gasteiger partial charge in [0.15, 0.2) is 5.92 Å². The molecule has 1 aliphatic rings. The van der Waals surface area contributed by atoms with Crippen molar-refractivity contribution >= 4 is 40.2 Å². The van der Waals surface area contributed by atoms with Crippen molar-refractivity contribution in [2.45, 2.75) is 26.3 Å². The molecule has 1 aliphatic heterocycles. The summed E-state index contributed by atoms with van der Waals surface area (Å²) < 4.78 is 12.6. The van der Waals surface area contributed by atoms with E-state index in [1.165, 1.54) is 0 Å². The molecule has 3 heterocycles. The summed E-state index contributed by atoms with van der Waals surface area (Å²) in [5.74, 6) is -1.17. The van der Waals surface area contributed by atoms with E-state index in [4.69, 9.17) is 14.5 Å². The highest BCUT2D eigenvalue weighted by Crippen LogP contribution is 2.43. The molecule has 0 spiro atoms. The summed E-state index contributed by atoms with van der Waals surface area (Å²) >= 11 is 1.55. The number of carbonyl (C=O) groups excluding carboxylic acids is 2. The van der Waals surface area contributed by atoms with E-state index in [-0.39, 0.29) is 12.5 Å². The molecule has 0 aliphatic carbocycles. The van der Waals surface area contributed by atoms with Crippen LogP contribution < -0.4 is 4.90 Å². The number of carbonyl (C=O) groups is 2. The van der Waals surface area contributed by atoms with Crippen LogP contribution in [0.3, 0.4) is 0 Å². The Kier molecular flexibility index (Phi) is 5.87. The van der Waals surface area contributed by atoms with Gasteiger partial charge >= 0.3 is 5.97 Å². The van der Waals surface area contributed by atoms with E-state index in [1.54, 1.807) is 30.3 Å². The minimum Gasteiger partial charge on any atom is -0.465 e. The number of para-hydroxylation sites is 2. The molecule has 7 nitrogen and oxygen atoms in total. The summed E-state index contributed by atoms with van der Waals surface area (Å²) in [6, 6.07) is 9.30. The fraction of sp³-hybridized carbons (Fsp3) is 0.409. The number of thiophene rings is 1. The Labute approximate surface area is 179 Å². The number of benzene rings is 1. The lowest BCUT2D eigenvalue weighted by Crippen LogP contribution is -2.50. The molecule has 3 aromatic rings. The van der Waals surface area contributed by atoms with E-state index in [2.05, 4.69) is 0 Å². The zero-order valence-electron chi connectivity index (χ0n) is 17.3. The number of methoxy groups -OCH3 is 1. The topological polar surface area (TPSA) is 73.7 Å². The van der Waals surface area contributed by atoms with E-state index in [0.29, 0.717) is 25.5 Å². The number of hydrogen-bond donors (Lipinski definition) is 0. The van der Waals surface area contributed by atoms with Gasteiger partial charge in [0.05, 0.1) is 23.7 Å². The quantitative estimate of drug-likeness (QED) is 0.327. The molecule has 4 rings (SSSR count). The molecule has 0 saturated carbocycles. The molecule has 1 aromatic carbocycles. The summed E-state index contributed by atoms with van der Waals surface area (Å²) in [4.78, 5) is 34.0. The number of hydrogen-bond acceptors (Lipinski definition) is 6. The lowest BCUT2D eigenvalue weighted by Gasteiger charge is -2.37. The molecule has 30 heavy (non-hydrogen) atoms. The Morgan fingerprint density at radius 2 is 2.07 bits per heavy atom. The van der Waals surface area contributed by atoms with Crippen LogP contribution in [0.25, 0.3) is 11.0 Å². The van der Waals surface area contributed by atoms with Crippen LogP contribution in [0.2, 0.25) is 0 Å². The Bertz CT molecular complexity index is 1070. The smallest absolute Gasteiger partial charge is 0.321 e. The van der Waals surface area contributed by atoms with Gasteiger partial charge in [-0.15, -0.1) is 11.3 Å². The first kappa shape index (κ1) is 20.6. The molecule has 1 amide bonds. The minimum atomic E-state index is -0.963. The van der Waals surface area contributed by atoms with Crippen LogP contribution in [0, 0.1) is 12.8 Å². The van der Waals surface area contributed by atoms with E-state index < -0.39 is 17.9 Å². The average Bonchev–Trinajstić information content (AvgIpc) is 3.33. The highest BCUT2D eigenvalue weighted by Gasteiger charge is 2.48. The second-order valence-corrected chi connectivity index (χ2v) is 8.20. The summed E-state index contributed by atoms with van der Waals surface area (Å²) in [6.07, 6.45) is 0.643. The molecule has 0 bridgehead atoms. The molecular formula is C22H25N3O4S. The standard InChI is InChI=1S/C22H25N3O4S/c1-4-29-21(27)17-18(19-14(2)10-13-30-19)25-16-9-6-5-8-15(16)23-22(25)24(20(17)26)11-7-12-28-3/h5-6,8-10,13,17-18H,4,7,11-12H2,1-3H3/t17-,18+/m0/s1. The third kappa shape index (κ3) is 3.40. The van der Waals surface area contributed by atoms with Crippen molar-refractivity contribution in [3.63, 3.8) is 0 Å². The van der Waals surface area contributed by atoms with Gasteiger partial charge in [-0.25, -0.2) is 4.98 Å². The van der Waals surface area contributed by atoms with Crippen LogP contribution >= 0.6 is 11.3 Å². The maximum Gasteiger partial charge on any atom is 0.321 e. The number of ether oxygens (including phenoxy) is 2. The molecule has 8 heteroatoms. The van der Waals surface area contributed by atoms with Gasteiger partial charge in [-0.2, -0.15) is 0 Å². The van der Waals surface area contributed by atoms with Crippen molar-refractivity contribution in [1.29, 1.82) is 0 Å².